The van der Waals surface area contributed by atoms with Gasteiger partial charge in [-0.1, -0.05) is 29.4 Å². The predicted octanol–water partition coefficient (Wildman–Crippen LogP) is 4.20. The van der Waals surface area contributed by atoms with E-state index >= 15 is 0 Å². The average molecular weight is 464 g/mol. The number of hydrogen-bond donors (Lipinski definition) is 0. The maximum atomic E-state index is 13.2. The molecule has 3 aromatic heterocycles. The van der Waals surface area contributed by atoms with Crippen molar-refractivity contribution in [1.29, 1.82) is 0 Å². The van der Waals surface area contributed by atoms with Crippen LogP contribution in [0.4, 0.5) is 4.39 Å². The highest BCUT2D eigenvalue weighted by molar-refractivity contribution is 7.98. The largest absolute Gasteiger partial charge is 0.484 e. The van der Waals surface area contributed by atoms with Crippen LogP contribution in [0.1, 0.15) is 11.5 Å². The Bertz CT molecular complexity index is 1270. The molecular formula is C19H15ClFN5O2S2. The second-order valence-electron chi connectivity index (χ2n) is 6.09. The SMILES string of the molecule is C=CCn1c(COc2ccc(F)cc2Cl)nnc1SCc1cc(=O)n2ccsc2n1. The first-order valence-electron chi connectivity index (χ1n) is 8.74. The normalized spacial score (nSPS) is 11.1. The number of benzene rings is 1. The summed E-state index contributed by atoms with van der Waals surface area (Å²) in [7, 11) is 0. The number of rotatable bonds is 8. The lowest BCUT2D eigenvalue weighted by atomic mass is 10.3. The van der Waals surface area contributed by atoms with E-state index in [0.29, 0.717) is 39.7 Å². The number of hydrogen-bond acceptors (Lipinski definition) is 7. The predicted molar refractivity (Wildman–Crippen MR) is 115 cm³/mol. The molecule has 0 unspecified atom stereocenters. The van der Waals surface area contributed by atoms with Gasteiger partial charge in [0, 0.05) is 29.9 Å². The summed E-state index contributed by atoms with van der Waals surface area (Å²) in [6.07, 6.45) is 3.43. The number of ether oxygens (including phenoxy) is 1. The van der Waals surface area contributed by atoms with Gasteiger partial charge in [-0.2, -0.15) is 0 Å². The van der Waals surface area contributed by atoms with Crippen LogP contribution in [0.15, 0.2) is 58.4 Å². The van der Waals surface area contributed by atoms with E-state index in [1.165, 1.54) is 51.8 Å². The summed E-state index contributed by atoms with van der Waals surface area (Å²) in [5, 5.41) is 11.1. The first-order chi connectivity index (χ1) is 14.5. The molecule has 0 spiro atoms. The Balaban J connectivity index is 1.50. The molecule has 0 bridgehead atoms. The molecule has 3 heterocycles. The monoisotopic (exact) mass is 463 g/mol. The number of thiazole rings is 1. The minimum atomic E-state index is -0.435. The van der Waals surface area contributed by atoms with Crippen LogP contribution < -0.4 is 10.3 Å². The zero-order chi connectivity index (χ0) is 21.1. The molecule has 30 heavy (non-hydrogen) atoms. The van der Waals surface area contributed by atoms with Crippen molar-refractivity contribution in [3.8, 4) is 5.75 Å². The van der Waals surface area contributed by atoms with Crippen molar-refractivity contribution in [2.24, 2.45) is 0 Å². The molecule has 0 radical (unpaired) electrons. The quantitative estimate of drug-likeness (QED) is 0.288. The fourth-order valence-electron chi connectivity index (χ4n) is 2.68. The third-order valence-electron chi connectivity index (χ3n) is 4.06. The van der Waals surface area contributed by atoms with Crippen LogP contribution in [0.25, 0.3) is 4.96 Å². The van der Waals surface area contributed by atoms with Crippen LogP contribution >= 0.6 is 34.7 Å². The van der Waals surface area contributed by atoms with Gasteiger partial charge in [0.2, 0.25) is 0 Å². The molecular weight excluding hydrogens is 449 g/mol. The van der Waals surface area contributed by atoms with E-state index in [0.717, 1.165) is 0 Å². The Hall–Kier alpha value is -2.69. The van der Waals surface area contributed by atoms with E-state index in [4.69, 9.17) is 16.3 Å². The van der Waals surface area contributed by atoms with Gasteiger partial charge in [0.05, 0.1) is 10.7 Å². The minimum Gasteiger partial charge on any atom is -0.484 e. The van der Waals surface area contributed by atoms with Crippen molar-refractivity contribution in [3.63, 3.8) is 0 Å². The summed E-state index contributed by atoms with van der Waals surface area (Å²) in [4.78, 5) is 17.3. The lowest BCUT2D eigenvalue weighted by molar-refractivity contribution is 0.289. The van der Waals surface area contributed by atoms with Crippen molar-refractivity contribution >= 4 is 39.7 Å². The molecule has 11 heteroatoms. The van der Waals surface area contributed by atoms with Crippen LogP contribution in [0, 0.1) is 5.82 Å². The van der Waals surface area contributed by atoms with Gasteiger partial charge in [-0.25, -0.2) is 9.37 Å². The molecule has 4 rings (SSSR count). The maximum Gasteiger partial charge on any atom is 0.258 e. The first-order valence-corrected chi connectivity index (χ1v) is 11.0. The summed E-state index contributed by atoms with van der Waals surface area (Å²) in [6, 6.07) is 5.44. The second kappa shape index (κ2) is 8.99. The number of nitrogens with zero attached hydrogens (tertiary/aromatic N) is 5. The van der Waals surface area contributed by atoms with Crippen molar-refractivity contribution in [2.75, 3.05) is 0 Å². The molecule has 0 N–H and O–H groups in total. The van der Waals surface area contributed by atoms with Gasteiger partial charge < -0.3 is 4.74 Å². The Morgan fingerprint density at radius 3 is 3.00 bits per heavy atom. The molecule has 154 valence electrons. The van der Waals surface area contributed by atoms with Crippen LogP contribution in [-0.2, 0) is 18.9 Å². The summed E-state index contributed by atoms with van der Waals surface area (Å²) < 4.78 is 22.2. The number of aromatic nitrogens is 5. The Morgan fingerprint density at radius 1 is 1.33 bits per heavy atom. The van der Waals surface area contributed by atoms with Crippen molar-refractivity contribution < 1.29 is 9.13 Å². The zero-order valence-electron chi connectivity index (χ0n) is 15.5. The number of thioether (sulfide) groups is 1. The third kappa shape index (κ3) is 4.40. The molecule has 0 aliphatic carbocycles. The van der Waals surface area contributed by atoms with E-state index in [1.807, 2.05) is 9.95 Å². The second-order valence-corrected chi connectivity index (χ2v) is 8.31. The van der Waals surface area contributed by atoms with Crippen LogP contribution in [0.3, 0.4) is 0 Å². The summed E-state index contributed by atoms with van der Waals surface area (Å²) in [5.41, 5.74) is 0.547. The number of halogens is 2. The van der Waals surface area contributed by atoms with Gasteiger partial charge in [0.25, 0.3) is 5.56 Å². The fraction of sp³-hybridized carbons (Fsp3) is 0.158. The van der Waals surface area contributed by atoms with Crippen LogP contribution in [0.2, 0.25) is 5.02 Å². The van der Waals surface area contributed by atoms with Crippen LogP contribution in [-0.4, -0.2) is 24.1 Å². The first kappa shape index (κ1) is 20.6. The van der Waals surface area contributed by atoms with Gasteiger partial charge in [-0.05, 0) is 18.2 Å². The van der Waals surface area contributed by atoms with Gasteiger partial charge in [0.15, 0.2) is 15.9 Å². The summed E-state index contributed by atoms with van der Waals surface area (Å²) in [6.45, 7) is 4.36. The summed E-state index contributed by atoms with van der Waals surface area (Å²) in [5.74, 6) is 0.951. The minimum absolute atomic E-state index is 0.105. The smallest absolute Gasteiger partial charge is 0.258 e. The fourth-order valence-corrected chi connectivity index (χ4v) is 4.50. The van der Waals surface area contributed by atoms with Crippen molar-refractivity contribution in [1.82, 2.24) is 24.1 Å². The zero-order valence-corrected chi connectivity index (χ0v) is 17.9. The molecule has 7 nitrogen and oxygen atoms in total. The Kier molecular flexibility index (Phi) is 6.16. The maximum absolute atomic E-state index is 13.2. The highest BCUT2D eigenvalue weighted by Crippen LogP contribution is 2.26. The van der Waals surface area contributed by atoms with Gasteiger partial charge in [0.1, 0.15) is 18.2 Å². The van der Waals surface area contributed by atoms with E-state index in [2.05, 4.69) is 21.8 Å². The molecule has 4 aromatic rings. The third-order valence-corrected chi connectivity index (χ3v) is 6.11. The molecule has 0 aliphatic rings. The lowest BCUT2D eigenvalue weighted by Crippen LogP contribution is -2.12. The number of allylic oxidation sites excluding steroid dienone is 1. The highest BCUT2D eigenvalue weighted by Gasteiger charge is 2.14. The standard InChI is InChI=1S/C19H15ClFN5O2S2/c1-2-5-25-16(10-28-15-4-3-12(21)8-14(15)20)23-24-19(25)30-11-13-9-17(27)26-6-7-29-18(26)22-13/h2-4,6-9H,1,5,10-11H2. The van der Waals surface area contributed by atoms with Crippen molar-refractivity contribution in [2.45, 2.75) is 24.1 Å². The van der Waals surface area contributed by atoms with E-state index in [9.17, 15) is 9.18 Å². The average Bonchev–Trinajstić information content (AvgIpc) is 3.34. The van der Waals surface area contributed by atoms with E-state index < -0.39 is 5.82 Å². The van der Waals surface area contributed by atoms with Crippen molar-refractivity contribution in [3.05, 3.63) is 81.2 Å². The van der Waals surface area contributed by atoms with Gasteiger partial charge in [-0.15, -0.1) is 28.1 Å². The van der Waals surface area contributed by atoms with E-state index in [-0.39, 0.29) is 17.2 Å². The molecule has 0 saturated heterocycles. The molecule has 0 atom stereocenters. The molecule has 0 fully saturated rings. The molecule has 0 aliphatic heterocycles. The Labute approximate surface area is 183 Å². The molecule has 0 saturated carbocycles. The van der Waals surface area contributed by atoms with Gasteiger partial charge in [-0.3, -0.25) is 13.8 Å². The highest BCUT2D eigenvalue weighted by atomic mass is 35.5. The van der Waals surface area contributed by atoms with Crippen LogP contribution in [0.5, 0.6) is 5.75 Å². The Morgan fingerprint density at radius 2 is 2.20 bits per heavy atom. The summed E-state index contributed by atoms with van der Waals surface area (Å²) >= 11 is 8.82. The molecule has 1 aromatic carbocycles. The molecule has 0 amide bonds. The van der Waals surface area contributed by atoms with E-state index in [1.54, 1.807) is 12.3 Å². The van der Waals surface area contributed by atoms with Gasteiger partial charge >= 0.3 is 0 Å². The number of fused-ring (bicyclic) bond motifs is 1. The lowest BCUT2D eigenvalue weighted by Gasteiger charge is -2.10. The topological polar surface area (TPSA) is 74.3 Å².